The number of hydrogen-bond acceptors (Lipinski definition) is 8. The molecule has 10 heteroatoms. The van der Waals surface area contributed by atoms with E-state index in [0.717, 1.165) is 45.0 Å². The Labute approximate surface area is 175 Å². The van der Waals surface area contributed by atoms with Gasteiger partial charge in [0.05, 0.1) is 6.04 Å². The number of carboxylic acid groups (broad SMARTS) is 1. The van der Waals surface area contributed by atoms with Gasteiger partial charge in [0, 0.05) is 63.9 Å². The van der Waals surface area contributed by atoms with Crippen LogP contribution in [0.25, 0.3) is 0 Å². The molecule has 4 heterocycles. The fraction of sp³-hybridized carbons (Fsp3) is 0.650. The molecule has 0 radical (unpaired) electrons. The number of likely N-dealkylation sites (tertiary alicyclic amines) is 1. The molecule has 0 bridgehead atoms. The molecule has 0 aromatic carbocycles. The molecule has 1 amide bonds. The summed E-state index contributed by atoms with van der Waals surface area (Å²) in [5.74, 6) is 0. The number of hydrogen-bond donors (Lipinski definition) is 1. The zero-order valence-corrected chi connectivity index (χ0v) is 17.2. The molecule has 3 fully saturated rings. The summed E-state index contributed by atoms with van der Waals surface area (Å²) in [7, 11) is 0. The molecular formula is C20H29N5O5. The van der Waals surface area contributed by atoms with Crippen LogP contribution in [0.4, 0.5) is 15.3 Å². The van der Waals surface area contributed by atoms with Gasteiger partial charge in [-0.15, -0.1) is 0 Å². The van der Waals surface area contributed by atoms with Crippen molar-refractivity contribution in [1.29, 1.82) is 0 Å². The predicted octanol–water partition coefficient (Wildman–Crippen LogP) is 1.49. The number of ether oxygens (including phenoxy) is 2. The van der Waals surface area contributed by atoms with Gasteiger partial charge in [0.2, 0.25) is 0 Å². The van der Waals surface area contributed by atoms with Crippen LogP contribution in [0.3, 0.4) is 0 Å². The highest BCUT2D eigenvalue weighted by Gasteiger charge is 2.43. The topological polar surface area (TPSA) is 98.7 Å². The second-order valence-electron chi connectivity index (χ2n) is 8.04. The van der Waals surface area contributed by atoms with Gasteiger partial charge in [0.15, 0.2) is 0 Å². The molecule has 1 aromatic heterocycles. The predicted molar refractivity (Wildman–Crippen MR) is 108 cm³/mol. The van der Waals surface area contributed by atoms with Crippen molar-refractivity contribution >= 4 is 17.9 Å². The van der Waals surface area contributed by atoms with Gasteiger partial charge in [0.25, 0.3) is 0 Å². The zero-order valence-electron chi connectivity index (χ0n) is 17.2. The van der Waals surface area contributed by atoms with Crippen LogP contribution in [0.2, 0.25) is 0 Å². The van der Waals surface area contributed by atoms with Crippen molar-refractivity contribution in [2.75, 3.05) is 50.7 Å². The molecule has 4 rings (SSSR count). The van der Waals surface area contributed by atoms with E-state index in [1.165, 1.54) is 0 Å². The average molecular weight is 419 g/mol. The Bertz CT molecular complexity index is 734. The number of pyridine rings is 1. The zero-order chi connectivity index (χ0) is 21.1. The van der Waals surface area contributed by atoms with Gasteiger partial charge in [0.1, 0.15) is 12.2 Å². The Kier molecular flexibility index (Phi) is 6.24. The standard InChI is InChI=1S/C20H29N5O5/c1-15-18(14-22-8-4-17(5-9-22)29-20(27)28)30-19(26)25(15)24-12-10-23(11-13-24)16-2-6-21-7-3-16/h2-3,6-7,15,17-18H,4-5,8-14H2,1H3,(H,27,28). The summed E-state index contributed by atoms with van der Waals surface area (Å²) in [6, 6.07) is 3.96. The lowest BCUT2D eigenvalue weighted by molar-refractivity contribution is -0.00777. The quantitative estimate of drug-likeness (QED) is 0.712. The van der Waals surface area contributed by atoms with Crippen molar-refractivity contribution in [3.05, 3.63) is 24.5 Å². The first-order valence-corrected chi connectivity index (χ1v) is 10.5. The summed E-state index contributed by atoms with van der Waals surface area (Å²) in [6.45, 7) is 7.35. The van der Waals surface area contributed by atoms with Crippen molar-refractivity contribution in [2.45, 2.75) is 38.0 Å². The molecule has 0 aliphatic carbocycles. The summed E-state index contributed by atoms with van der Waals surface area (Å²) in [4.78, 5) is 31.9. The van der Waals surface area contributed by atoms with Crippen LogP contribution >= 0.6 is 0 Å². The highest BCUT2D eigenvalue weighted by atomic mass is 16.7. The molecule has 2 atom stereocenters. The van der Waals surface area contributed by atoms with E-state index >= 15 is 0 Å². The van der Waals surface area contributed by atoms with Gasteiger partial charge in [-0.3, -0.25) is 9.88 Å². The number of nitrogens with zero attached hydrogens (tertiary/aromatic N) is 5. The minimum atomic E-state index is -1.22. The van der Waals surface area contributed by atoms with Gasteiger partial charge in [-0.25, -0.2) is 19.6 Å². The van der Waals surface area contributed by atoms with Crippen molar-refractivity contribution in [1.82, 2.24) is 19.9 Å². The first-order valence-electron chi connectivity index (χ1n) is 10.5. The number of rotatable bonds is 5. The van der Waals surface area contributed by atoms with E-state index < -0.39 is 6.16 Å². The normalized spacial score (nSPS) is 26.6. The first-order chi connectivity index (χ1) is 14.5. The van der Waals surface area contributed by atoms with Crippen molar-refractivity contribution in [3.63, 3.8) is 0 Å². The number of cyclic esters (lactones) is 1. The Morgan fingerprint density at radius 3 is 2.47 bits per heavy atom. The van der Waals surface area contributed by atoms with Crippen LogP contribution in [-0.2, 0) is 9.47 Å². The van der Waals surface area contributed by atoms with Crippen molar-refractivity contribution in [2.24, 2.45) is 0 Å². The smallest absolute Gasteiger partial charge is 0.450 e. The van der Waals surface area contributed by atoms with Crippen LogP contribution in [0.1, 0.15) is 19.8 Å². The molecule has 10 nitrogen and oxygen atoms in total. The van der Waals surface area contributed by atoms with Gasteiger partial charge < -0.3 is 19.5 Å². The van der Waals surface area contributed by atoms with E-state index in [1.54, 1.807) is 17.4 Å². The largest absolute Gasteiger partial charge is 0.506 e. The monoisotopic (exact) mass is 419 g/mol. The lowest BCUT2D eigenvalue weighted by atomic mass is 10.1. The van der Waals surface area contributed by atoms with Gasteiger partial charge >= 0.3 is 12.2 Å². The van der Waals surface area contributed by atoms with Crippen LogP contribution in [0.15, 0.2) is 24.5 Å². The van der Waals surface area contributed by atoms with Crippen molar-refractivity contribution in [3.8, 4) is 0 Å². The van der Waals surface area contributed by atoms with Crippen LogP contribution < -0.4 is 4.90 Å². The SMILES string of the molecule is CC1C(CN2CCC(OC(=O)O)CC2)OC(=O)N1N1CCN(c2ccncc2)CC1. The molecule has 30 heavy (non-hydrogen) atoms. The number of carbonyl (C=O) groups excluding carboxylic acids is 1. The van der Waals surface area contributed by atoms with E-state index in [0.29, 0.717) is 19.4 Å². The summed E-state index contributed by atoms with van der Waals surface area (Å²) in [5.41, 5.74) is 1.15. The molecule has 3 aliphatic heterocycles. The summed E-state index contributed by atoms with van der Waals surface area (Å²) in [6.07, 6.45) is 2.99. The Morgan fingerprint density at radius 2 is 1.83 bits per heavy atom. The minimum Gasteiger partial charge on any atom is -0.450 e. The first kappa shape index (κ1) is 20.7. The second-order valence-corrected chi connectivity index (χ2v) is 8.04. The lowest BCUT2D eigenvalue weighted by Crippen LogP contribution is -2.57. The van der Waals surface area contributed by atoms with Crippen molar-refractivity contribution < 1.29 is 24.2 Å². The number of carbonyl (C=O) groups is 2. The molecule has 1 N–H and O–H groups in total. The number of aromatic nitrogens is 1. The third kappa shape index (κ3) is 4.59. The average Bonchev–Trinajstić information content (AvgIpc) is 3.03. The number of piperidine rings is 1. The van der Waals surface area contributed by atoms with E-state index in [4.69, 9.17) is 14.6 Å². The van der Waals surface area contributed by atoms with Gasteiger partial charge in [-0.1, -0.05) is 0 Å². The lowest BCUT2D eigenvalue weighted by Gasteiger charge is -2.41. The van der Waals surface area contributed by atoms with Crippen LogP contribution in [0.5, 0.6) is 0 Å². The number of piperazine rings is 1. The van der Waals surface area contributed by atoms with E-state index in [2.05, 4.69) is 19.8 Å². The maximum absolute atomic E-state index is 12.6. The molecule has 2 unspecified atom stereocenters. The maximum atomic E-state index is 12.6. The van der Waals surface area contributed by atoms with Gasteiger partial charge in [-0.05, 0) is 31.9 Å². The molecular weight excluding hydrogens is 390 g/mol. The molecule has 0 saturated carbocycles. The van der Waals surface area contributed by atoms with E-state index in [-0.39, 0.29) is 24.3 Å². The third-order valence-corrected chi connectivity index (χ3v) is 6.19. The summed E-state index contributed by atoms with van der Waals surface area (Å²) < 4.78 is 10.6. The highest BCUT2D eigenvalue weighted by molar-refractivity contribution is 5.70. The highest BCUT2D eigenvalue weighted by Crippen LogP contribution is 2.25. The molecule has 3 aliphatic rings. The Morgan fingerprint density at radius 1 is 1.17 bits per heavy atom. The molecule has 1 aromatic rings. The van der Waals surface area contributed by atoms with Crippen LogP contribution in [0, 0.1) is 0 Å². The summed E-state index contributed by atoms with van der Waals surface area (Å²) >= 11 is 0. The third-order valence-electron chi connectivity index (χ3n) is 6.19. The Balaban J connectivity index is 1.27. The molecule has 164 valence electrons. The minimum absolute atomic E-state index is 0.0435. The van der Waals surface area contributed by atoms with E-state index in [1.807, 2.05) is 19.1 Å². The number of amides is 1. The fourth-order valence-corrected chi connectivity index (χ4v) is 4.50. The van der Waals surface area contributed by atoms with Crippen LogP contribution in [-0.4, -0.2) is 101 Å². The van der Waals surface area contributed by atoms with E-state index in [9.17, 15) is 9.59 Å². The fourth-order valence-electron chi connectivity index (χ4n) is 4.50. The maximum Gasteiger partial charge on any atom is 0.506 e. The summed E-state index contributed by atoms with van der Waals surface area (Å²) in [5, 5.41) is 12.6. The molecule has 0 spiro atoms. The number of hydrazine groups is 1. The van der Waals surface area contributed by atoms with Gasteiger partial charge in [-0.2, -0.15) is 0 Å². The second kappa shape index (κ2) is 9.05. The number of anilines is 1. The molecule has 3 saturated heterocycles. The Hall–Kier alpha value is -2.59.